The number of imidazole rings is 1. The van der Waals surface area contributed by atoms with Crippen molar-refractivity contribution in [2.75, 3.05) is 39.9 Å². The van der Waals surface area contributed by atoms with Crippen molar-refractivity contribution >= 4 is 15.9 Å². The van der Waals surface area contributed by atoms with Crippen molar-refractivity contribution in [2.45, 2.75) is 37.6 Å². The van der Waals surface area contributed by atoms with Gasteiger partial charge in [0.1, 0.15) is 5.82 Å². The minimum Gasteiger partial charge on any atom is -0.493 e. The first-order chi connectivity index (χ1) is 21.2. The number of fused-ring (bicyclic) bond motifs is 4. The Kier molecular flexibility index (Phi) is 9.59. The number of carbonyl (C=O) groups is 1. The zero-order valence-electron chi connectivity index (χ0n) is 24.4. The summed E-state index contributed by atoms with van der Waals surface area (Å²) in [5.74, 6) is -0.942. The van der Waals surface area contributed by atoms with Gasteiger partial charge in [-0.1, -0.05) is 0 Å². The molecule has 0 unspecified atom stereocenters. The lowest BCUT2D eigenvalue weighted by molar-refractivity contribution is 0.0713. The van der Waals surface area contributed by atoms with Gasteiger partial charge in [0, 0.05) is 50.7 Å². The van der Waals surface area contributed by atoms with Crippen molar-refractivity contribution in [3.05, 3.63) is 78.3 Å². The first-order valence-corrected chi connectivity index (χ1v) is 15.6. The Hall–Kier alpha value is -4.30. The first kappa shape index (κ1) is 31.1. The van der Waals surface area contributed by atoms with E-state index in [9.17, 15) is 22.0 Å². The van der Waals surface area contributed by atoms with Gasteiger partial charge in [-0.15, -0.1) is 0 Å². The van der Waals surface area contributed by atoms with Gasteiger partial charge in [-0.05, 0) is 62.6 Å². The lowest BCUT2D eigenvalue weighted by atomic mass is 10.2. The van der Waals surface area contributed by atoms with Crippen LogP contribution in [-0.2, 0) is 16.6 Å². The molecule has 0 fully saturated rings. The molecule has 3 heterocycles. The molecule has 234 valence electrons. The number of aryl methyl sites for hydroxylation is 1. The number of oxazole rings is 1. The lowest BCUT2D eigenvalue weighted by Gasteiger charge is -2.25. The van der Waals surface area contributed by atoms with Gasteiger partial charge in [0.15, 0.2) is 29.5 Å². The number of aromatic nitrogens is 3. The molecular weight excluding hydrogens is 596 g/mol. The monoisotopic (exact) mass is 629 g/mol. The number of halogens is 2. The fourth-order valence-electron chi connectivity index (χ4n) is 5.03. The molecule has 14 heteroatoms. The van der Waals surface area contributed by atoms with Crippen LogP contribution in [0.1, 0.15) is 35.5 Å². The molecule has 0 saturated carbocycles. The highest BCUT2D eigenvalue weighted by Crippen LogP contribution is 2.32. The van der Waals surface area contributed by atoms with Gasteiger partial charge in [0.25, 0.3) is 5.91 Å². The Bertz CT molecular complexity index is 1720. The van der Waals surface area contributed by atoms with E-state index in [4.69, 9.17) is 13.9 Å². The minimum atomic E-state index is -4.16. The zero-order valence-corrected chi connectivity index (χ0v) is 25.2. The Balaban J connectivity index is 1.45. The summed E-state index contributed by atoms with van der Waals surface area (Å²) in [6.07, 6.45) is 5.91. The first-order valence-electron chi connectivity index (χ1n) is 14.2. The predicted octanol–water partition coefficient (Wildman–Crippen LogP) is 4.53. The van der Waals surface area contributed by atoms with Crippen LogP contribution in [0.3, 0.4) is 0 Å². The van der Waals surface area contributed by atoms with Crippen LogP contribution in [0, 0.1) is 18.6 Å². The number of sulfonamides is 1. The molecule has 0 atom stereocenters. The van der Waals surface area contributed by atoms with E-state index in [-0.39, 0.29) is 36.3 Å². The normalized spacial score (nSPS) is 15.7. The van der Waals surface area contributed by atoms with Gasteiger partial charge in [-0.2, -0.15) is 4.31 Å². The number of methoxy groups -OCH3 is 1. The molecule has 0 saturated heterocycles. The molecule has 44 heavy (non-hydrogen) atoms. The number of ether oxygens (including phenoxy) is 2. The molecule has 0 radical (unpaired) electrons. The summed E-state index contributed by atoms with van der Waals surface area (Å²) in [4.78, 5) is 23.3. The van der Waals surface area contributed by atoms with Crippen molar-refractivity contribution < 1.29 is 35.9 Å². The summed E-state index contributed by atoms with van der Waals surface area (Å²) < 4.78 is 74.7. The van der Waals surface area contributed by atoms with Crippen LogP contribution in [0.15, 0.2) is 64.5 Å². The number of hydrogen-bond acceptors (Lipinski definition) is 8. The van der Waals surface area contributed by atoms with Gasteiger partial charge in [0.05, 0.1) is 24.3 Å². The Labute approximate surface area is 254 Å². The third-order valence-electron chi connectivity index (χ3n) is 7.40. The Morgan fingerprint density at radius 3 is 2.50 bits per heavy atom. The number of carbonyl (C=O) groups excluding carboxylic acids is 1. The van der Waals surface area contributed by atoms with E-state index in [1.165, 1.54) is 17.8 Å². The average Bonchev–Trinajstić information content (AvgIpc) is 3.66. The number of nitrogens with zero attached hydrogens (tertiary/aromatic N) is 5. The maximum Gasteiger partial charge on any atom is 0.291 e. The average molecular weight is 630 g/mol. The quantitative estimate of drug-likeness (QED) is 0.323. The smallest absolute Gasteiger partial charge is 0.291 e. The maximum absolute atomic E-state index is 14.0. The van der Waals surface area contributed by atoms with Crippen LogP contribution in [0.2, 0.25) is 0 Å². The SMILES string of the molecule is COc1ccc2cc1OCCCN(S(=O)(=O)c1ccc(F)c(F)c1)CCCCN(C(=O)c1ocnc1C)CCn1ccnc1-2. The number of hydrogen-bond donors (Lipinski definition) is 0. The van der Waals surface area contributed by atoms with Crippen LogP contribution in [0.4, 0.5) is 8.78 Å². The highest BCUT2D eigenvalue weighted by atomic mass is 32.2. The van der Waals surface area contributed by atoms with Crippen molar-refractivity contribution in [1.29, 1.82) is 0 Å². The highest BCUT2D eigenvalue weighted by Gasteiger charge is 2.26. The van der Waals surface area contributed by atoms with E-state index >= 15 is 0 Å². The van der Waals surface area contributed by atoms with E-state index in [0.29, 0.717) is 68.0 Å². The standard InChI is InChI=1S/C30H33F2N5O6S/c1-21-28(43-20-34-21)30(38)36-11-3-4-12-37(44(39,40)23-7-8-24(31)25(32)19-23)13-5-17-42-27-18-22(6-9-26(27)41-2)29-33-10-14-35(29)15-16-36/h6-10,14,18-20H,3-5,11-13,15-17H2,1-2H3. The van der Waals surface area contributed by atoms with Crippen LogP contribution in [0.25, 0.3) is 11.4 Å². The van der Waals surface area contributed by atoms with Gasteiger partial charge >= 0.3 is 0 Å². The second-order valence-electron chi connectivity index (χ2n) is 10.3. The van der Waals surface area contributed by atoms with Gasteiger partial charge in [-0.25, -0.2) is 27.2 Å². The number of amides is 1. The van der Waals surface area contributed by atoms with Gasteiger partial charge in [0.2, 0.25) is 15.8 Å². The second kappa shape index (κ2) is 13.6. The summed E-state index contributed by atoms with van der Waals surface area (Å²) in [5.41, 5.74) is 1.23. The summed E-state index contributed by atoms with van der Waals surface area (Å²) in [6, 6.07) is 7.95. The third-order valence-corrected chi connectivity index (χ3v) is 9.29. The van der Waals surface area contributed by atoms with E-state index < -0.39 is 21.7 Å². The summed E-state index contributed by atoms with van der Waals surface area (Å²) in [6.45, 7) is 3.07. The molecule has 0 aliphatic carbocycles. The van der Waals surface area contributed by atoms with Crippen molar-refractivity contribution in [3.63, 3.8) is 0 Å². The zero-order chi connectivity index (χ0) is 31.3. The molecule has 1 aliphatic heterocycles. The molecule has 2 bridgehead atoms. The minimum absolute atomic E-state index is 0.0631. The van der Waals surface area contributed by atoms with Crippen LogP contribution >= 0.6 is 0 Å². The molecule has 4 aromatic rings. The van der Waals surface area contributed by atoms with Crippen molar-refractivity contribution in [3.8, 4) is 22.9 Å². The van der Waals surface area contributed by atoms with Gasteiger partial charge in [-0.3, -0.25) is 4.79 Å². The Morgan fingerprint density at radius 2 is 1.75 bits per heavy atom. The maximum atomic E-state index is 14.0. The number of rotatable bonds is 4. The fraction of sp³-hybridized carbons (Fsp3) is 0.367. The predicted molar refractivity (Wildman–Crippen MR) is 156 cm³/mol. The fourth-order valence-corrected chi connectivity index (χ4v) is 6.55. The van der Waals surface area contributed by atoms with E-state index in [1.54, 1.807) is 30.2 Å². The lowest BCUT2D eigenvalue weighted by Crippen LogP contribution is -2.36. The van der Waals surface area contributed by atoms with Crippen LogP contribution < -0.4 is 9.47 Å². The van der Waals surface area contributed by atoms with Crippen molar-refractivity contribution in [2.24, 2.45) is 0 Å². The molecule has 1 amide bonds. The molecule has 2 aromatic heterocycles. The van der Waals surface area contributed by atoms with E-state index in [2.05, 4.69) is 9.97 Å². The summed E-state index contributed by atoms with van der Waals surface area (Å²) in [5, 5.41) is 0. The summed E-state index contributed by atoms with van der Waals surface area (Å²) >= 11 is 0. The molecule has 0 N–H and O–H groups in total. The molecule has 2 aromatic carbocycles. The molecule has 1 aliphatic rings. The highest BCUT2D eigenvalue weighted by molar-refractivity contribution is 7.89. The van der Waals surface area contributed by atoms with Crippen molar-refractivity contribution in [1.82, 2.24) is 23.7 Å². The summed E-state index contributed by atoms with van der Waals surface area (Å²) in [7, 11) is -2.64. The molecule has 0 spiro atoms. The number of benzene rings is 2. The largest absolute Gasteiger partial charge is 0.493 e. The van der Waals surface area contributed by atoms with Crippen LogP contribution in [-0.4, -0.2) is 78.0 Å². The van der Waals surface area contributed by atoms with Crippen LogP contribution in [0.5, 0.6) is 11.5 Å². The van der Waals surface area contributed by atoms with E-state index in [1.807, 2.05) is 16.8 Å². The molecule has 5 rings (SSSR count). The molecule has 11 nitrogen and oxygen atoms in total. The second-order valence-corrected chi connectivity index (χ2v) is 12.2. The Morgan fingerprint density at radius 1 is 0.955 bits per heavy atom. The topological polar surface area (TPSA) is 120 Å². The third kappa shape index (κ3) is 6.76. The molecular formula is C30H33F2N5O6S. The van der Waals surface area contributed by atoms with E-state index in [0.717, 1.165) is 17.7 Å². The van der Waals surface area contributed by atoms with Gasteiger partial charge < -0.3 is 23.4 Å².